The molecule has 1 fully saturated rings. The molecule has 1 aromatic heterocycles. The van der Waals surface area contributed by atoms with E-state index < -0.39 is 0 Å². The van der Waals surface area contributed by atoms with Crippen LogP contribution in [0.3, 0.4) is 0 Å². The van der Waals surface area contributed by atoms with Crippen molar-refractivity contribution in [1.29, 1.82) is 0 Å². The SMILES string of the molecule is COc1ccc2[nH]c(C)c(CCN3CCCC3)c2c1C. The Hall–Kier alpha value is -1.48. The number of hydrogen-bond acceptors (Lipinski definition) is 2. The zero-order valence-corrected chi connectivity index (χ0v) is 12.8. The maximum absolute atomic E-state index is 5.47. The Morgan fingerprint density at radius 2 is 1.95 bits per heavy atom. The first-order valence-corrected chi connectivity index (χ1v) is 7.58. The molecule has 3 heteroatoms. The zero-order chi connectivity index (χ0) is 14.1. The molecular formula is C17H24N2O. The van der Waals surface area contributed by atoms with Gasteiger partial charge in [0.1, 0.15) is 5.75 Å². The number of nitrogens with one attached hydrogen (secondary N) is 1. The minimum Gasteiger partial charge on any atom is -0.496 e. The molecule has 0 radical (unpaired) electrons. The van der Waals surface area contributed by atoms with Crippen molar-refractivity contribution < 1.29 is 4.74 Å². The largest absolute Gasteiger partial charge is 0.496 e. The Bertz CT molecular complexity index is 609. The van der Waals surface area contributed by atoms with E-state index >= 15 is 0 Å². The molecule has 0 unspecified atom stereocenters. The highest BCUT2D eigenvalue weighted by Crippen LogP contribution is 2.31. The lowest BCUT2D eigenvalue weighted by atomic mass is 10.0. The molecule has 3 nitrogen and oxygen atoms in total. The summed E-state index contributed by atoms with van der Waals surface area (Å²) < 4.78 is 5.47. The first kappa shape index (κ1) is 13.5. The van der Waals surface area contributed by atoms with E-state index in [9.17, 15) is 0 Å². The second kappa shape index (κ2) is 5.49. The van der Waals surface area contributed by atoms with Crippen LogP contribution in [0.1, 0.15) is 29.7 Å². The Morgan fingerprint density at radius 1 is 1.20 bits per heavy atom. The van der Waals surface area contributed by atoms with Crippen LogP contribution in [0.4, 0.5) is 0 Å². The van der Waals surface area contributed by atoms with Crippen LogP contribution >= 0.6 is 0 Å². The molecule has 0 atom stereocenters. The average Bonchev–Trinajstić information content (AvgIpc) is 3.04. The van der Waals surface area contributed by atoms with Crippen LogP contribution < -0.4 is 4.74 Å². The second-order valence-electron chi connectivity index (χ2n) is 5.84. The Balaban J connectivity index is 1.93. The smallest absolute Gasteiger partial charge is 0.122 e. The standard InChI is InChI=1S/C17H24N2O/c1-12-16(20-3)7-6-15-17(12)14(13(2)18-15)8-11-19-9-4-5-10-19/h6-7,18H,4-5,8-11H2,1-3H3. The number of ether oxygens (including phenoxy) is 1. The molecule has 2 aromatic rings. The third kappa shape index (κ3) is 2.31. The fraction of sp³-hybridized carbons (Fsp3) is 0.529. The molecule has 1 aromatic carbocycles. The first-order chi connectivity index (χ1) is 9.70. The number of likely N-dealkylation sites (tertiary alicyclic amines) is 1. The predicted octanol–water partition coefficient (Wildman–Crippen LogP) is 3.43. The lowest BCUT2D eigenvalue weighted by Crippen LogP contribution is -2.22. The van der Waals surface area contributed by atoms with Gasteiger partial charge in [-0.05, 0) is 63.9 Å². The molecule has 20 heavy (non-hydrogen) atoms. The van der Waals surface area contributed by atoms with E-state index in [2.05, 4.69) is 35.9 Å². The molecule has 0 bridgehead atoms. The number of benzene rings is 1. The number of aromatic nitrogens is 1. The van der Waals surface area contributed by atoms with E-state index in [0.29, 0.717) is 0 Å². The summed E-state index contributed by atoms with van der Waals surface area (Å²) in [6.45, 7) is 8.05. The molecule has 1 saturated heterocycles. The van der Waals surface area contributed by atoms with Gasteiger partial charge < -0.3 is 14.6 Å². The van der Waals surface area contributed by atoms with Gasteiger partial charge in [-0.2, -0.15) is 0 Å². The number of H-pyrrole nitrogens is 1. The quantitative estimate of drug-likeness (QED) is 0.923. The lowest BCUT2D eigenvalue weighted by molar-refractivity contribution is 0.343. The molecule has 1 N–H and O–H groups in total. The molecule has 2 heterocycles. The van der Waals surface area contributed by atoms with Gasteiger partial charge in [0.15, 0.2) is 0 Å². The minimum atomic E-state index is 0.985. The van der Waals surface area contributed by atoms with Crippen molar-refractivity contribution in [1.82, 2.24) is 9.88 Å². The highest BCUT2D eigenvalue weighted by molar-refractivity contribution is 5.89. The summed E-state index contributed by atoms with van der Waals surface area (Å²) in [7, 11) is 1.75. The van der Waals surface area contributed by atoms with E-state index in [1.807, 2.05) is 0 Å². The minimum absolute atomic E-state index is 0.985. The van der Waals surface area contributed by atoms with E-state index in [-0.39, 0.29) is 0 Å². The number of fused-ring (bicyclic) bond motifs is 1. The zero-order valence-electron chi connectivity index (χ0n) is 12.8. The highest BCUT2D eigenvalue weighted by Gasteiger charge is 2.16. The van der Waals surface area contributed by atoms with Crippen molar-refractivity contribution in [3.05, 3.63) is 29.0 Å². The van der Waals surface area contributed by atoms with Gasteiger partial charge in [-0.3, -0.25) is 0 Å². The third-order valence-electron chi connectivity index (χ3n) is 4.59. The molecule has 0 amide bonds. The van der Waals surface area contributed by atoms with E-state index in [4.69, 9.17) is 4.74 Å². The van der Waals surface area contributed by atoms with Crippen LogP contribution in [0.15, 0.2) is 12.1 Å². The summed E-state index contributed by atoms with van der Waals surface area (Å²) in [6.07, 6.45) is 3.85. The fourth-order valence-corrected chi connectivity index (χ4v) is 3.46. The Kier molecular flexibility index (Phi) is 3.70. The lowest BCUT2D eigenvalue weighted by Gasteiger charge is -2.15. The highest BCUT2D eigenvalue weighted by atomic mass is 16.5. The molecule has 0 aliphatic carbocycles. The van der Waals surface area contributed by atoms with Crippen molar-refractivity contribution in [3.63, 3.8) is 0 Å². The first-order valence-electron chi connectivity index (χ1n) is 7.58. The monoisotopic (exact) mass is 272 g/mol. The van der Waals surface area contributed by atoms with Crippen molar-refractivity contribution in [2.75, 3.05) is 26.7 Å². The third-order valence-corrected chi connectivity index (χ3v) is 4.59. The Labute approximate surface area is 120 Å². The number of aryl methyl sites for hydroxylation is 2. The summed E-state index contributed by atoms with van der Waals surface area (Å²) in [6, 6.07) is 4.19. The number of hydrogen-bond donors (Lipinski definition) is 1. The van der Waals surface area contributed by atoms with Gasteiger partial charge in [0.2, 0.25) is 0 Å². The summed E-state index contributed by atoms with van der Waals surface area (Å²) in [5.41, 5.74) is 5.25. The second-order valence-corrected chi connectivity index (χ2v) is 5.84. The molecule has 3 rings (SSSR count). The van der Waals surface area contributed by atoms with Crippen LogP contribution in [0.2, 0.25) is 0 Å². The molecule has 108 valence electrons. The summed E-state index contributed by atoms with van der Waals surface area (Å²) in [5.74, 6) is 0.985. The van der Waals surface area contributed by atoms with Gasteiger partial charge in [0.05, 0.1) is 7.11 Å². The summed E-state index contributed by atoms with van der Waals surface area (Å²) >= 11 is 0. The molecule has 0 saturated carbocycles. The molecule has 1 aliphatic heterocycles. The van der Waals surface area contributed by atoms with Gasteiger partial charge >= 0.3 is 0 Å². The number of rotatable bonds is 4. The summed E-state index contributed by atoms with van der Waals surface area (Å²) in [5, 5.41) is 1.36. The number of methoxy groups -OCH3 is 1. The summed E-state index contributed by atoms with van der Waals surface area (Å²) in [4.78, 5) is 6.10. The predicted molar refractivity (Wildman–Crippen MR) is 83.7 cm³/mol. The average molecular weight is 272 g/mol. The van der Waals surface area contributed by atoms with Gasteiger partial charge in [-0.1, -0.05) is 0 Å². The van der Waals surface area contributed by atoms with Crippen molar-refractivity contribution >= 4 is 10.9 Å². The van der Waals surface area contributed by atoms with Crippen molar-refractivity contribution in [3.8, 4) is 5.75 Å². The Morgan fingerprint density at radius 3 is 2.65 bits per heavy atom. The number of nitrogens with zero attached hydrogens (tertiary/aromatic N) is 1. The normalized spacial score (nSPS) is 16.1. The van der Waals surface area contributed by atoms with Crippen LogP contribution in [0.5, 0.6) is 5.75 Å². The van der Waals surface area contributed by atoms with Crippen LogP contribution in [0, 0.1) is 13.8 Å². The van der Waals surface area contributed by atoms with Gasteiger partial charge in [0, 0.05) is 28.7 Å². The van der Waals surface area contributed by atoms with Gasteiger partial charge in [-0.15, -0.1) is 0 Å². The van der Waals surface area contributed by atoms with Crippen LogP contribution in [-0.2, 0) is 6.42 Å². The topological polar surface area (TPSA) is 28.3 Å². The fourth-order valence-electron chi connectivity index (χ4n) is 3.46. The van der Waals surface area contributed by atoms with Crippen LogP contribution in [-0.4, -0.2) is 36.6 Å². The van der Waals surface area contributed by atoms with Crippen molar-refractivity contribution in [2.24, 2.45) is 0 Å². The van der Waals surface area contributed by atoms with E-state index in [1.165, 1.54) is 60.2 Å². The van der Waals surface area contributed by atoms with E-state index in [0.717, 1.165) is 12.2 Å². The molecule has 0 spiro atoms. The maximum Gasteiger partial charge on any atom is 0.122 e. The molecule has 1 aliphatic rings. The van der Waals surface area contributed by atoms with Gasteiger partial charge in [-0.25, -0.2) is 0 Å². The molecular weight excluding hydrogens is 248 g/mol. The van der Waals surface area contributed by atoms with E-state index in [1.54, 1.807) is 7.11 Å². The maximum atomic E-state index is 5.47. The number of aromatic amines is 1. The van der Waals surface area contributed by atoms with Gasteiger partial charge in [0.25, 0.3) is 0 Å². The van der Waals surface area contributed by atoms with Crippen molar-refractivity contribution in [2.45, 2.75) is 33.1 Å². The van der Waals surface area contributed by atoms with Crippen LogP contribution in [0.25, 0.3) is 10.9 Å².